The van der Waals surface area contributed by atoms with Gasteiger partial charge in [-0.05, 0) is 48.9 Å². The molecule has 1 saturated carbocycles. The minimum atomic E-state index is -0.320. The second kappa shape index (κ2) is 7.30. The molecule has 33 heavy (non-hydrogen) atoms. The second-order valence-corrected chi connectivity index (χ2v) is 8.91. The molecule has 166 valence electrons. The summed E-state index contributed by atoms with van der Waals surface area (Å²) in [6.45, 7) is 3.22. The third-order valence-electron chi connectivity index (χ3n) is 6.98. The SMILES string of the molecule is CNc1cc(F)cc2c1[nH]c1nc(Oc3ccc(C#N)nc3)nc(N3CC4C[C@@H]3C[C@H]4C)c12. The third-order valence-corrected chi connectivity index (χ3v) is 6.98. The van der Waals surface area contributed by atoms with Gasteiger partial charge in [-0.15, -0.1) is 0 Å². The summed E-state index contributed by atoms with van der Waals surface area (Å²) in [5, 5.41) is 13.6. The van der Waals surface area contributed by atoms with Crippen molar-refractivity contribution in [3.05, 3.63) is 42.0 Å². The van der Waals surface area contributed by atoms with Gasteiger partial charge in [0.1, 0.15) is 34.8 Å². The minimum Gasteiger partial charge on any atom is -0.423 e. The van der Waals surface area contributed by atoms with Crippen LogP contribution in [0.2, 0.25) is 0 Å². The number of fused-ring (bicyclic) bond motifs is 5. The molecule has 0 amide bonds. The predicted molar refractivity (Wildman–Crippen MR) is 123 cm³/mol. The molecule has 9 heteroatoms. The number of hydrogen-bond donors (Lipinski definition) is 2. The number of aromatic amines is 1. The number of aromatic nitrogens is 4. The summed E-state index contributed by atoms with van der Waals surface area (Å²) >= 11 is 0. The number of halogens is 1. The largest absolute Gasteiger partial charge is 0.423 e. The van der Waals surface area contributed by atoms with Crippen LogP contribution in [0.5, 0.6) is 11.8 Å². The Balaban J connectivity index is 1.53. The summed E-state index contributed by atoms with van der Waals surface area (Å²) in [4.78, 5) is 19.1. The third kappa shape index (κ3) is 3.13. The number of ether oxygens (including phenoxy) is 1. The molecule has 1 aliphatic heterocycles. The zero-order valence-electron chi connectivity index (χ0n) is 18.3. The van der Waals surface area contributed by atoms with Crippen LogP contribution in [0.4, 0.5) is 15.9 Å². The van der Waals surface area contributed by atoms with Gasteiger partial charge in [0.2, 0.25) is 0 Å². The van der Waals surface area contributed by atoms with Crippen LogP contribution < -0.4 is 15.0 Å². The molecule has 1 aromatic carbocycles. The molecule has 2 fully saturated rings. The lowest BCUT2D eigenvalue weighted by atomic mass is 9.97. The van der Waals surface area contributed by atoms with E-state index in [0.717, 1.165) is 41.5 Å². The normalized spacial score (nSPS) is 21.6. The van der Waals surface area contributed by atoms with Crippen LogP contribution in [0.3, 0.4) is 0 Å². The Morgan fingerprint density at radius 2 is 2.15 bits per heavy atom. The number of H-pyrrole nitrogens is 1. The Morgan fingerprint density at radius 1 is 1.27 bits per heavy atom. The van der Waals surface area contributed by atoms with Crippen LogP contribution in [0, 0.1) is 29.0 Å². The molecule has 2 N–H and O–H groups in total. The smallest absolute Gasteiger partial charge is 0.326 e. The molecular formula is C24H22FN7O. The van der Waals surface area contributed by atoms with E-state index in [4.69, 9.17) is 15.0 Å². The maximum atomic E-state index is 14.5. The van der Waals surface area contributed by atoms with Crippen LogP contribution in [0.15, 0.2) is 30.5 Å². The van der Waals surface area contributed by atoms with Crippen LogP contribution in [0.25, 0.3) is 21.9 Å². The predicted octanol–water partition coefficient (Wildman–Crippen LogP) is 4.59. The van der Waals surface area contributed by atoms with Gasteiger partial charge < -0.3 is 19.9 Å². The van der Waals surface area contributed by atoms with Crippen LogP contribution in [-0.4, -0.2) is 39.6 Å². The maximum Gasteiger partial charge on any atom is 0.326 e. The Bertz CT molecular complexity index is 1420. The maximum absolute atomic E-state index is 14.5. The van der Waals surface area contributed by atoms with E-state index in [0.29, 0.717) is 40.7 Å². The molecule has 4 heterocycles. The highest BCUT2D eigenvalue weighted by atomic mass is 19.1. The van der Waals surface area contributed by atoms with Gasteiger partial charge in [0, 0.05) is 25.0 Å². The first kappa shape index (κ1) is 19.7. The summed E-state index contributed by atoms with van der Waals surface area (Å²) in [5.74, 6) is 2.20. The van der Waals surface area contributed by atoms with Crippen LogP contribution in [0.1, 0.15) is 25.5 Å². The van der Waals surface area contributed by atoms with E-state index in [-0.39, 0.29) is 11.8 Å². The van der Waals surface area contributed by atoms with E-state index in [1.165, 1.54) is 18.3 Å². The lowest BCUT2D eigenvalue weighted by Crippen LogP contribution is -2.35. The highest BCUT2D eigenvalue weighted by Crippen LogP contribution is 2.46. The number of nitrogens with one attached hydrogen (secondary N) is 2. The van der Waals surface area contributed by atoms with Gasteiger partial charge in [-0.1, -0.05) is 6.92 Å². The van der Waals surface area contributed by atoms with E-state index in [9.17, 15) is 4.39 Å². The number of piperidine rings is 1. The number of rotatable bonds is 4. The Morgan fingerprint density at radius 3 is 2.82 bits per heavy atom. The summed E-state index contributed by atoms with van der Waals surface area (Å²) in [6, 6.07) is 8.81. The number of nitrogens with zero attached hydrogens (tertiary/aromatic N) is 5. The topological polar surface area (TPSA) is 103 Å². The van der Waals surface area contributed by atoms with E-state index < -0.39 is 0 Å². The number of nitriles is 1. The summed E-state index contributed by atoms with van der Waals surface area (Å²) in [5.41, 5.74) is 2.33. The number of benzene rings is 1. The van der Waals surface area contributed by atoms with Gasteiger partial charge in [-0.2, -0.15) is 15.2 Å². The highest BCUT2D eigenvalue weighted by molar-refractivity contribution is 6.14. The molecule has 4 aromatic rings. The van der Waals surface area contributed by atoms with Crippen molar-refractivity contribution < 1.29 is 9.13 Å². The van der Waals surface area contributed by atoms with Gasteiger partial charge in [-0.25, -0.2) is 9.37 Å². The molecule has 0 radical (unpaired) electrons. The average Bonchev–Trinajstić information content (AvgIpc) is 3.50. The molecular weight excluding hydrogens is 421 g/mol. The Kier molecular flexibility index (Phi) is 4.37. The van der Waals surface area contributed by atoms with Crippen LogP contribution in [-0.2, 0) is 0 Å². The average molecular weight is 443 g/mol. The zero-order valence-corrected chi connectivity index (χ0v) is 18.3. The molecule has 2 bridgehead atoms. The fourth-order valence-corrected chi connectivity index (χ4v) is 5.36. The van der Waals surface area contributed by atoms with E-state index in [2.05, 4.69) is 32.1 Å². The second-order valence-electron chi connectivity index (χ2n) is 8.91. The molecule has 1 saturated heterocycles. The molecule has 3 atom stereocenters. The van der Waals surface area contributed by atoms with Gasteiger partial charge in [0.05, 0.1) is 22.8 Å². The molecule has 3 aromatic heterocycles. The molecule has 1 unspecified atom stereocenters. The van der Waals surface area contributed by atoms with Crippen molar-refractivity contribution in [1.82, 2.24) is 19.9 Å². The summed E-state index contributed by atoms with van der Waals surface area (Å²) < 4.78 is 20.4. The summed E-state index contributed by atoms with van der Waals surface area (Å²) in [6.07, 6.45) is 3.73. The summed E-state index contributed by atoms with van der Waals surface area (Å²) in [7, 11) is 1.76. The van der Waals surface area contributed by atoms with Crippen molar-refractivity contribution in [1.29, 1.82) is 5.26 Å². The number of hydrogen-bond acceptors (Lipinski definition) is 7. The lowest BCUT2D eigenvalue weighted by Gasteiger charge is -2.31. The first-order chi connectivity index (χ1) is 16.0. The van der Waals surface area contributed by atoms with E-state index >= 15 is 0 Å². The van der Waals surface area contributed by atoms with E-state index in [1.807, 2.05) is 6.07 Å². The standard InChI is InChI=1S/C24H22FN7O/c1-12-5-16-6-13(12)11-32(16)23-20-18-7-14(25)8-19(27-2)21(18)29-22(20)30-24(31-23)33-17-4-3-15(9-26)28-10-17/h3-4,7-8,10,12-13,16,27H,5-6,11H2,1-2H3,(H,29,30,31)/t12-,13?,16+/m1/s1. The number of pyridine rings is 1. The fourth-order valence-electron chi connectivity index (χ4n) is 5.36. The molecule has 0 spiro atoms. The van der Waals surface area contributed by atoms with Crippen molar-refractivity contribution in [2.75, 3.05) is 23.8 Å². The van der Waals surface area contributed by atoms with E-state index in [1.54, 1.807) is 19.2 Å². The fraction of sp³-hybridized carbons (Fsp3) is 0.333. The van der Waals surface area contributed by atoms with Crippen molar-refractivity contribution >= 4 is 33.4 Å². The molecule has 2 aliphatic rings. The Hall–Kier alpha value is -3.93. The van der Waals surface area contributed by atoms with Crippen molar-refractivity contribution in [2.45, 2.75) is 25.8 Å². The van der Waals surface area contributed by atoms with Gasteiger partial charge >= 0.3 is 6.01 Å². The van der Waals surface area contributed by atoms with Crippen LogP contribution >= 0.6 is 0 Å². The molecule has 1 aliphatic carbocycles. The number of anilines is 2. The lowest BCUT2D eigenvalue weighted by molar-refractivity contribution is 0.403. The molecule has 8 nitrogen and oxygen atoms in total. The first-order valence-corrected chi connectivity index (χ1v) is 11.1. The van der Waals surface area contributed by atoms with Crippen molar-refractivity contribution in [3.63, 3.8) is 0 Å². The quantitative estimate of drug-likeness (QED) is 0.476. The highest BCUT2D eigenvalue weighted by Gasteiger charge is 2.44. The van der Waals surface area contributed by atoms with Crippen molar-refractivity contribution in [2.24, 2.45) is 11.8 Å². The Labute approximate surface area is 189 Å². The van der Waals surface area contributed by atoms with Gasteiger partial charge in [0.15, 0.2) is 0 Å². The molecule has 6 rings (SSSR count). The first-order valence-electron chi connectivity index (χ1n) is 11.1. The van der Waals surface area contributed by atoms with Gasteiger partial charge in [0.25, 0.3) is 0 Å². The minimum absolute atomic E-state index is 0.179. The van der Waals surface area contributed by atoms with Crippen molar-refractivity contribution in [3.8, 4) is 17.8 Å². The van der Waals surface area contributed by atoms with Gasteiger partial charge in [-0.3, -0.25) is 0 Å². The zero-order chi connectivity index (χ0) is 22.7. The monoisotopic (exact) mass is 443 g/mol.